The van der Waals surface area contributed by atoms with Crippen molar-refractivity contribution in [3.05, 3.63) is 78.4 Å². The van der Waals surface area contributed by atoms with Crippen molar-refractivity contribution in [2.24, 2.45) is 0 Å². The zero-order valence-electron chi connectivity index (χ0n) is 16.1. The summed E-state index contributed by atoms with van der Waals surface area (Å²) in [7, 11) is 0. The van der Waals surface area contributed by atoms with Gasteiger partial charge in [-0.25, -0.2) is 0 Å². The lowest BCUT2D eigenvalue weighted by Gasteiger charge is -2.17. The molecule has 0 aliphatic rings. The summed E-state index contributed by atoms with van der Waals surface area (Å²) in [4.78, 5) is 18.8. The second kappa shape index (κ2) is 13.1. The topological polar surface area (TPSA) is 106 Å². The zero-order valence-corrected chi connectivity index (χ0v) is 16.1. The summed E-state index contributed by atoms with van der Waals surface area (Å²) < 4.78 is 5.79. The molecule has 0 saturated heterocycles. The number of carbonyl (C=O) groups excluding carboxylic acids is 2. The molecule has 0 bridgehead atoms. The number of para-hydroxylation sites is 1. The van der Waals surface area contributed by atoms with Crippen LogP contribution in [0.15, 0.2) is 72.8 Å². The molecule has 150 valence electrons. The van der Waals surface area contributed by atoms with Crippen molar-refractivity contribution in [1.29, 1.82) is 0 Å². The third-order valence-electron chi connectivity index (χ3n) is 3.67. The van der Waals surface area contributed by atoms with E-state index >= 15 is 0 Å². The first kappa shape index (κ1) is 22.9. The number of rotatable bonds is 9. The average molecular weight is 384 g/mol. The molecule has 2 rings (SSSR count). The fraction of sp³-hybridized carbons (Fsp3) is 0.273. The normalized spacial score (nSPS) is 12.5. The Balaban J connectivity index is 0.000000416. The lowest BCUT2D eigenvalue weighted by atomic mass is 10.1. The molecule has 0 radical (unpaired) electrons. The van der Waals surface area contributed by atoms with E-state index in [0.717, 1.165) is 18.8 Å². The molecule has 0 heterocycles. The average Bonchev–Trinajstić information content (AvgIpc) is 2.67. The van der Waals surface area contributed by atoms with Crippen LogP contribution in [0.25, 0.3) is 0 Å². The van der Waals surface area contributed by atoms with Crippen LogP contribution < -0.4 is 20.3 Å². The van der Waals surface area contributed by atoms with E-state index < -0.39 is 11.9 Å². The van der Waals surface area contributed by atoms with Crippen LogP contribution in [0.5, 0.6) is 5.75 Å². The number of carbonyl (C=O) groups is 2. The fourth-order valence-corrected chi connectivity index (χ4v) is 2.55. The van der Waals surface area contributed by atoms with Gasteiger partial charge in [0.2, 0.25) is 0 Å². The summed E-state index contributed by atoms with van der Waals surface area (Å²) in [6.07, 6.45) is 1.86. The maximum absolute atomic E-state index is 9.41. The molecule has 0 spiro atoms. The Bertz CT molecular complexity index is 715. The van der Waals surface area contributed by atoms with E-state index in [4.69, 9.17) is 4.74 Å². The van der Waals surface area contributed by atoms with E-state index in [2.05, 4.69) is 49.5 Å². The van der Waals surface area contributed by atoms with E-state index in [0.29, 0.717) is 24.2 Å². The summed E-state index contributed by atoms with van der Waals surface area (Å²) >= 11 is 0. The van der Waals surface area contributed by atoms with Gasteiger partial charge < -0.3 is 29.9 Å². The lowest BCUT2D eigenvalue weighted by molar-refractivity contribution is -0.716. The van der Waals surface area contributed by atoms with Crippen LogP contribution in [0.3, 0.4) is 0 Å². The Morgan fingerprint density at radius 3 is 1.89 bits per heavy atom. The van der Waals surface area contributed by atoms with Gasteiger partial charge in [0.05, 0.1) is 18.0 Å². The highest BCUT2D eigenvalue weighted by atomic mass is 16.5. The Kier molecular flexibility index (Phi) is 10.7. The summed E-state index contributed by atoms with van der Waals surface area (Å²) in [5, 5.41) is 21.2. The number of nitrogens with two attached hydrogens (primary N) is 1. The van der Waals surface area contributed by atoms with Gasteiger partial charge in [0.25, 0.3) is 0 Å². The number of ether oxygens (including phenoxy) is 1. The summed E-state index contributed by atoms with van der Waals surface area (Å²) in [6.45, 7) is 5.22. The molecule has 6 nitrogen and oxygen atoms in total. The van der Waals surface area contributed by atoms with Crippen molar-refractivity contribution in [1.82, 2.24) is 0 Å². The highest BCUT2D eigenvalue weighted by Gasteiger charge is 2.12. The molecule has 0 amide bonds. The van der Waals surface area contributed by atoms with Crippen molar-refractivity contribution < 1.29 is 29.9 Å². The van der Waals surface area contributed by atoms with Gasteiger partial charge >= 0.3 is 0 Å². The summed E-state index contributed by atoms with van der Waals surface area (Å²) in [5.74, 6) is -2.15. The van der Waals surface area contributed by atoms with Crippen molar-refractivity contribution in [2.75, 3.05) is 6.61 Å². The SMILES string of the molecule is CC(COc1ccccc1)[NH2+]C(C)Cc1ccccc1.O=C([O-])/C=C/C(=O)[O-]. The van der Waals surface area contributed by atoms with Crippen LogP contribution in [-0.2, 0) is 16.0 Å². The molecule has 0 fully saturated rings. The van der Waals surface area contributed by atoms with Gasteiger partial charge in [0.1, 0.15) is 18.4 Å². The number of aliphatic carboxylic acids is 2. The Labute approximate surface area is 165 Å². The van der Waals surface area contributed by atoms with E-state index in [-0.39, 0.29) is 0 Å². The van der Waals surface area contributed by atoms with E-state index in [1.54, 1.807) is 0 Å². The fourth-order valence-electron chi connectivity index (χ4n) is 2.55. The van der Waals surface area contributed by atoms with E-state index in [1.807, 2.05) is 30.3 Å². The first-order valence-electron chi connectivity index (χ1n) is 9.03. The quantitative estimate of drug-likeness (QED) is 0.597. The molecule has 2 unspecified atom stereocenters. The van der Waals surface area contributed by atoms with Crippen molar-refractivity contribution in [3.63, 3.8) is 0 Å². The smallest absolute Gasteiger partial charge is 0.139 e. The molecule has 2 aromatic carbocycles. The predicted octanol–water partition coefficient (Wildman–Crippen LogP) is -0.309. The van der Waals surface area contributed by atoms with Crippen LogP contribution >= 0.6 is 0 Å². The second-order valence-electron chi connectivity index (χ2n) is 6.43. The standard InChI is InChI=1S/C18H23NO.C4H4O4/c1-15(13-17-9-5-3-6-10-17)19-16(2)14-20-18-11-7-4-8-12-18;5-3(6)1-2-4(7)8/h3-12,15-16,19H,13-14H2,1-2H3;1-2H,(H,5,6)(H,7,8)/p-1/b;2-1+. The molecule has 2 N–H and O–H groups in total. The number of benzene rings is 2. The first-order valence-corrected chi connectivity index (χ1v) is 9.03. The molecular weight excluding hydrogens is 358 g/mol. The Morgan fingerprint density at radius 1 is 0.893 bits per heavy atom. The van der Waals surface area contributed by atoms with Crippen molar-refractivity contribution in [2.45, 2.75) is 32.4 Å². The highest BCUT2D eigenvalue weighted by Crippen LogP contribution is 2.08. The number of carboxylic acid groups (broad SMARTS) is 2. The number of quaternary nitrogens is 1. The molecular formula is C22H26NO5-. The van der Waals surface area contributed by atoms with Crippen molar-refractivity contribution in [3.8, 4) is 5.75 Å². The number of carboxylic acids is 2. The largest absolute Gasteiger partial charge is 0.545 e. The van der Waals surface area contributed by atoms with Crippen LogP contribution in [0.4, 0.5) is 0 Å². The van der Waals surface area contributed by atoms with Gasteiger partial charge in [-0.1, -0.05) is 48.5 Å². The van der Waals surface area contributed by atoms with Crippen LogP contribution in [0.1, 0.15) is 19.4 Å². The minimum absolute atomic E-state index is 0.384. The molecule has 28 heavy (non-hydrogen) atoms. The Morgan fingerprint density at radius 2 is 1.39 bits per heavy atom. The van der Waals surface area contributed by atoms with E-state index in [9.17, 15) is 19.8 Å². The number of hydrogen-bond donors (Lipinski definition) is 1. The lowest BCUT2D eigenvalue weighted by Crippen LogP contribution is -2.95. The maximum atomic E-state index is 9.41. The highest BCUT2D eigenvalue weighted by molar-refractivity contribution is 5.87. The predicted molar refractivity (Wildman–Crippen MR) is 102 cm³/mol. The third kappa shape index (κ3) is 11.5. The summed E-state index contributed by atoms with van der Waals surface area (Å²) in [5.41, 5.74) is 1.40. The zero-order chi connectivity index (χ0) is 20.8. The van der Waals surface area contributed by atoms with E-state index in [1.165, 1.54) is 5.56 Å². The van der Waals surface area contributed by atoms with Crippen LogP contribution in [0, 0.1) is 0 Å². The summed E-state index contributed by atoms with van der Waals surface area (Å²) in [6, 6.07) is 21.7. The van der Waals surface area contributed by atoms with Gasteiger partial charge in [0, 0.05) is 6.42 Å². The van der Waals surface area contributed by atoms with Gasteiger partial charge in [-0.3, -0.25) is 0 Å². The molecule has 0 aliphatic heterocycles. The monoisotopic (exact) mass is 384 g/mol. The molecule has 0 aromatic heterocycles. The minimum atomic E-state index is -1.55. The third-order valence-corrected chi connectivity index (χ3v) is 3.67. The van der Waals surface area contributed by atoms with Crippen molar-refractivity contribution >= 4 is 11.9 Å². The molecule has 0 aliphatic carbocycles. The van der Waals surface area contributed by atoms with Crippen LogP contribution in [-0.4, -0.2) is 30.6 Å². The van der Waals surface area contributed by atoms with Gasteiger partial charge in [-0.2, -0.15) is 0 Å². The van der Waals surface area contributed by atoms with Gasteiger partial charge in [0.15, 0.2) is 0 Å². The molecule has 2 aromatic rings. The first-order chi connectivity index (χ1) is 13.4. The maximum Gasteiger partial charge on any atom is 0.139 e. The molecule has 2 atom stereocenters. The number of hydrogen-bond acceptors (Lipinski definition) is 5. The van der Waals surface area contributed by atoms with Gasteiger partial charge in [-0.15, -0.1) is 0 Å². The van der Waals surface area contributed by atoms with Gasteiger partial charge in [-0.05, 0) is 43.7 Å². The Hall–Kier alpha value is -3.12. The molecule has 0 saturated carbocycles. The molecule has 6 heteroatoms. The minimum Gasteiger partial charge on any atom is -0.545 e. The second-order valence-corrected chi connectivity index (χ2v) is 6.43. The van der Waals surface area contributed by atoms with Crippen LogP contribution in [0.2, 0.25) is 0 Å².